The molecule has 1 aliphatic carbocycles. The maximum atomic E-state index is 13.0. The number of nitrogens with one attached hydrogen (secondary N) is 1. The summed E-state index contributed by atoms with van der Waals surface area (Å²) in [6.07, 6.45) is 3.10. The van der Waals surface area contributed by atoms with Gasteiger partial charge in [0.25, 0.3) is 0 Å². The van der Waals surface area contributed by atoms with Gasteiger partial charge in [0.05, 0.1) is 6.10 Å². The van der Waals surface area contributed by atoms with E-state index in [9.17, 15) is 8.78 Å². The van der Waals surface area contributed by atoms with Crippen LogP contribution in [0.15, 0.2) is 18.2 Å². The molecule has 0 heterocycles. The van der Waals surface area contributed by atoms with Gasteiger partial charge in [-0.05, 0) is 50.4 Å². The Morgan fingerprint density at radius 2 is 1.89 bits per heavy atom. The highest BCUT2D eigenvalue weighted by Gasteiger charge is 2.28. The second-order valence-corrected chi connectivity index (χ2v) is 4.73. The van der Waals surface area contributed by atoms with Crippen molar-refractivity contribution in [1.29, 1.82) is 0 Å². The predicted octanol–water partition coefficient (Wildman–Crippen LogP) is 2.66. The summed E-state index contributed by atoms with van der Waals surface area (Å²) in [6, 6.07) is 4.15. The lowest BCUT2D eigenvalue weighted by molar-refractivity contribution is -0.00960. The standard InChI is InChI=1S/C14H19F2NO/c1-2-18-14-8-13(9-14)17-4-3-10-5-11(15)7-12(16)6-10/h5-7,13-14,17H,2-4,8-9H2,1H3. The molecule has 0 radical (unpaired) electrons. The lowest BCUT2D eigenvalue weighted by Gasteiger charge is -2.35. The minimum Gasteiger partial charge on any atom is -0.378 e. The number of ether oxygens (including phenoxy) is 1. The second-order valence-electron chi connectivity index (χ2n) is 4.73. The minimum atomic E-state index is -0.509. The molecule has 0 amide bonds. The first-order valence-electron chi connectivity index (χ1n) is 6.47. The van der Waals surface area contributed by atoms with E-state index in [0.717, 1.165) is 32.1 Å². The van der Waals surface area contributed by atoms with E-state index in [1.54, 1.807) is 0 Å². The van der Waals surface area contributed by atoms with Crippen molar-refractivity contribution >= 4 is 0 Å². The van der Waals surface area contributed by atoms with Crippen molar-refractivity contribution in [3.8, 4) is 0 Å². The Bertz CT molecular complexity index is 371. The molecule has 100 valence electrons. The summed E-state index contributed by atoms with van der Waals surface area (Å²) in [6.45, 7) is 3.51. The van der Waals surface area contributed by atoms with Gasteiger partial charge in [-0.25, -0.2) is 8.78 Å². The Hall–Kier alpha value is -1.00. The van der Waals surface area contributed by atoms with Crippen LogP contribution in [0.2, 0.25) is 0 Å². The van der Waals surface area contributed by atoms with Crippen LogP contribution in [0.25, 0.3) is 0 Å². The molecule has 0 atom stereocenters. The van der Waals surface area contributed by atoms with Crippen molar-refractivity contribution < 1.29 is 13.5 Å². The van der Waals surface area contributed by atoms with Crippen LogP contribution in [0.3, 0.4) is 0 Å². The average Bonchev–Trinajstić information content (AvgIpc) is 2.24. The fourth-order valence-electron chi connectivity index (χ4n) is 2.28. The van der Waals surface area contributed by atoms with Gasteiger partial charge in [0.15, 0.2) is 0 Å². The molecule has 0 bridgehead atoms. The van der Waals surface area contributed by atoms with E-state index < -0.39 is 11.6 Å². The molecule has 1 fully saturated rings. The van der Waals surface area contributed by atoms with Gasteiger partial charge in [-0.3, -0.25) is 0 Å². The maximum absolute atomic E-state index is 13.0. The molecule has 0 spiro atoms. The molecule has 1 N–H and O–H groups in total. The van der Waals surface area contributed by atoms with Crippen LogP contribution in [0.5, 0.6) is 0 Å². The zero-order valence-corrected chi connectivity index (χ0v) is 10.6. The van der Waals surface area contributed by atoms with Gasteiger partial charge in [-0.1, -0.05) is 0 Å². The molecule has 18 heavy (non-hydrogen) atoms. The summed E-state index contributed by atoms with van der Waals surface area (Å²) >= 11 is 0. The van der Waals surface area contributed by atoms with E-state index in [1.807, 2.05) is 6.92 Å². The summed E-state index contributed by atoms with van der Waals surface area (Å²) < 4.78 is 31.4. The van der Waals surface area contributed by atoms with Crippen LogP contribution in [0.4, 0.5) is 8.78 Å². The summed E-state index contributed by atoms with van der Waals surface area (Å²) in [7, 11) is 0. The molecule has 4 heteroatoms. The molecule has 0 aromatic heterocycles. The lowest BCUT2D eigenvalue weighted by atomic mass is 9.89. The van der Waals surface area contributed by atoms with Crippen molar-refractivity contribution in [2.75, 3.05) is 13.2 Å². The van der Waals surface area contributed by atoms with Crippen molar-refractivity contribution in [2.45, 2.75) is 38.3 Å². The van der Waals surface area contributed by atoms with Gasteiger partial charge < -0.3 is 10.1 Å². The smallest absolute Gasteiger partial charge is 0.126 e. The van der Waals surface area contributed by atoms with Gasteiger partial charge in [0, 0.05) is 18.7 Å². The van der Waals surface area contributed by atoms with Crippen LogP contribution in [-0.4, -0.2) is 25.3 Å². The van der Waals surface area contributed by atoms with E-state index in [1.165, 1.54) is 12.1 Å². The first-order valence-corrected chi connectivity index (χ1v) is 6.47. The first kappa shape index (κ1) is 13.4. The first-order chi connectivity index (χ1) is 8.67. The topological polar surface area (TPSA) is 21.3 Å². The highest BCUT2D eigenvalue weighted by atomic mass is 19.1. The molecule has 1 aromatic carbocycles. The summed E-state index contributed by atoms with van der Waals surface area (Å²) in [4.78, 5) is 0. The molecular weight excluding hydrogens is 236 g/mol. The van der Waals surface area contributed by atoms with Gasteiger partial charge in [0.2, 0.25) is 0 Å². The maximum Gasteiger partial charge on any atom is 0.126 e. The van der Waals surface area contributed by atoms with Gasteiger partial charge in [0.1, 0.15) is 11.6 Å². The Labute approximate surface area is 106 Å². The molecule has 0 unspecified atom stereocenters. The molecule has 1 saturated carbocycles. The Morgan fingerprint density at radius 3 is 2.50 bits per heavy atom. The Kier molecular flexibility index (Phi) is 4.66. The quantitative estimate of drug-likeness (QED) is 0.843. The highest BCUT2D eigenvalue weighted by Crippen LogP contribution is 2.23. The van der Waals surface area contributed by atoms with Crippen LogP contribution >= 0.6 is 0 Å². The SMILES string of the molecule is CCOC1CC(NCCc2cc(F)cc(F)c2)C1. The zero-order chi connectivity index (χ0) is 13.0. The predicted molar refractivity (Wildman–Crippen MR) is 66.5 cm³/mol. The minimum absolute atomic E-state index is 0.388. The summed E-state index contributed by atoms with van der Waals surface area (Å²) in [5, 5.41) is 3.37. The van der Waals surface area contributed by atoms with Crippen molar-refractivity contribution in [3.63, 3.8) is 0 Å². The third kappa shape index (κ3) is 3.75. The summed E-state index contributed by atoms with van der Waals surface area (Å²) in [5.41, 5.74) is 0.695. The second kappa shape index (κ2) is 6.25. The summed E-state index contributed by atoms with van der Waals surface area (Å²) in [5.74, 6) is -1.02. The number of rotatable bonds is 6. The molecule has 2 rings (SSSR count). The molecule has 0 saturated heterocycles. The normalized spacial score (nSPS) is 22.8. The zero-order valence-electron chi connectivity index (χ0n) is 10.6. The molecule has 1 aliphatic rings. The largest absolute Gasteiger partial charge is 0.378 e. The van der Waals surface area contributed by atoms with E-state index in [-0.39, 0.29) is 0 Å². The molecule has 2 nitrogen and oxygen atoms in total. The van der Waals surface area contributed by atoms with E-state index >= 15 is 0 Å². The van der Waals surface area contributed by atoms with Crippen molar-refractivity contribution in [3.05, 3.63) is 35.4 Å². The third-order valence-corrected chi connectivity index (χ3v) is 3.27. The van der Waals surface area contributed by atoms with Crippen LogP contribution in [0.1, 0.15) is 25.3 Å². The monoisotopic (exact) mass is 255 g/mol. The lowest BCUT2D eigenvalue weighted by Crippen LogP contribution is -2.46. The molecule has 1 aromatic rings. The number of hydrogen-bond donors (Lipinski definition) is 1. The van der Waals surface area contributed by atoms with Crippen molar-refractivity contribution in [1.82, 2.24) is 5.32 Å². The van der Waals surface area contributed by atoms with Crippen molar-refractivity contribution in [2.24, 2.45) is 0 Å². The van der Waals surface area contributed by atoms with Gasteiger partial charge >= 0.3 is 0 Å². The number of halogens is 2. The fourth-order valence-corrected chi connectivity index (χ4v) is 2.28. The van der Waals surface area contributed by atoms with Crippen LogP contribution in [0, 0.1) is 11.6 Å². The Balaban J connectivity index is 1.67. The molecular formula is C14H19F2NO. The Morgan fingerprint density at radius 1 is 1.22 bits per heavy atom. The average molecular weight is 255 g/mol. The van der Waals surface area contributed by atoms with Gasteiger partial charge in [-0.2, -0.15) is 0 Å². The molecule has 0 aliphatic heterocycles. The van der Waals surface area contributed by atoms with Gasteiger partial charge in [-0.15, -0.1) is 0 Å². The van der Waals surface area contributed by atoms with E-state index in [2.05, 4.69) is 5.32 Å². The van der Waals surface area contributed by atoms with Crippen LogP contribution in [-0.2, 0) is 11.2 Å². The van der Waals surface area contributed by atoms with E-state index in [4.69, 9.17) is 4.74 Å². The fraction of sp³-hybridized carbons (Fsp3) is 0.571. The van der Waals surface area contributed by atoms with E-state index in [0.29, 0.717) is 24.1 Å². The van der Waals surface area contributed by atoms with Crippen LogP contribution < -0.4 is 5.32 Å². The highest BCUT2D eigenvalue weighted by molar-refractivity contribution is 5.18. The number of hydrogen-bond acceptors (Lipinski definition) is 2. The number of benzene rings is 1. The third-order valence-electron chi connectivity index (χ3n) is 3.27.